The number of hydrogen-bond acceptors (Lipinski definition) is 5. The van der Waals surface area contributed by atoms with Gasteiger partial charge in [0.25, 0.3) is 12.2 Å². The molecule has 3 N–H and O–H groups in total. The van der Waals surface area contributed by atoms with E-state index in [1.165, 1.54) is 19.2 Å². The van der Waals surface area contributed by atoms with Crippen molar-refractivity contribution in [1.82, 2.24) is 0 Å². The van der Waals surface area contributed by atoms with Crippen LogP contribution in [-0.4, -0.2) is 29.5 Å². The number of hydrogen-bond donors (Lipinski definition) is 3. The Morgan fingerprint density at radius 1 is 1.53 bits per heavy atom. The van der Waals surface area contributed by atoms with Crippen molar-refractivity contribution in [3.63, 3.8) is 0 Å². The lowest BCUT2D eigenvalue weighted by atomic mass is 10.2. The number of fused-ring (bicyclic) bond motifs is 1. The summed E-state index contributed by atoms with van der Waals surface area (Å²) in [5, 5.41) is 20.9. The highest BCUT2D eigenvalue weighted by Gasteiger charge is 2.28. The summed E-state index contributed by atoms with van der Waals surface area (Å²) in [5.74, 6) is -0.360. The molecule has 0 saturated carbocycles. The quantitative estimate of drug-likeness (QED) is 0.571. The minimum Gasteiger partial charge on any atom is -0.505 e. The molecule has 1 atom stereocenters. The number of methoxy groups -OCH3 is 1. The van der Waals surface area contributed by atoms with Gasteiger partial charge in [-0.3, -0.25) is 4.79 Å². The number of nitrogens with one attached hydrogen (secondary N) is 1. The van der Waals surface area contributed by atoms with Gasteiger partial charge in [-0.05, 0) is 0 Å². The fraction of sp³-hybridized carbons (Fsp3) is 0.222. The Morgan fingerprint density at radius 3 is 2.93 bits per heavy atom. The molecule has 1 unspecified atom stereocenters. The van der Waals surface area contributed by atoms with Gasteiger partial charge in [0, 0.05) is 12.1 Å². The van der Waals surface area contributed by atoms with E-state index in [4.69, 9.17) is 14.6 Å². The third-order valence-electron chi connectivity index (χ3n) is 2.00. The van der Waals surface area contributed by atoms with E-state index in [1.54, 1.807) is 0 Å². The minimum absolute atomic E-state index is 0.131. The fourth-order valence-electron chi connectivity index (χ4n) is 1.27. The summed E-state index contributed by atoms with van der Waals surface area (Å²) in [7, 11) is 1.43. The molecule has 0 spiro atoms. The number of carbonyl (C=O) groups is 1. The Kier molecular flexibility index (Phi) is 2.12. The largest absolute Gasteiger partial charge is 0.505 e. The zero-order chi connectivity index (χ0) is 11.0. The lowest BCUT2D eigenvalue weighted by Gasteiger charge is -2.23. The maximum atomic E-state index is 11.0. The van der Waals surface area contributed by atoms with Crippen molar-refractivity contribution in [2.75, 3.05) is 12.4 Å². The Balaban J connectivity index is 2.48. The molecule has 0 aliphatic carbocycles. The van der Waals surface area contributed by atoms with Crippen molar-refractivity contribution < 1.29 is 24.5 Å². The van der Waals surface area contributed by atoms with E-state index in [-0.39, 0.29) is 17.2 Å². The zero-order valence-corrected chi connectivity index (χ0v) is 7.85. The second-order valence-electron chi connectivity index (χ2n) is 2.98. The maximum Gasteiger partial charge on any atom is 0.293 e. The van der Waals surface area contributed by atoms with Crippen molar-refractivity contribution >= 4 is 11.6 Å². The summed E-state index contributed by atoms with van der Waals surface area (Å²) in [6.07, 6.45) is -1.57. The summed E-state index contributed by atoms with van der Waals surface area (Å²) >= 11 is 0. The van der Waals surface area contributed by atoms with Crippen LogP contribution in [0.15, 0.2) is 12.1 Å². The topological polar surface area (TPSA) is 88.0 Å². The molecule has 0 fully saturated rings. The normalized spacial score (nSPS) is 18.8. The van der Waals surface area contributed by atoms with Gasteiger partial charge in [0.2, 0.25) is 0 Å². The second-order valence-corrected chi connectivity index (χ2v) is 2.98. The van der Waals surface area contributed by atoms with Crippen LogP contribution in [0.25, 0.3) is 0 Å². The monoisotopic (exact) mass is 211 g/mol. The number of aliphatic hydroxyl groups excluding tert-OH is 1. The minimum atomic E-state index is -1.57. The van der Waals surface area contributed by atoms with Crippen molar-refractivity contribution in [3.05, 3.63) is 12.1 Å². The number of benzene rings is 1. The summed E-state index contributed by atoms with van der Waals surface area (Å²) in [6.45, 7) is 0. The third kappa shape index (κ3) is 1.55. The number of aromatic hydroxyl groups is 1. The Hall–Kier alpha value is -1.95. The van der Waals surface area contributed by atoms with E-state index >= 15 is 0 Å². The van der Waals surface area contributed by atoms with Crippen LogP contribution in [0.2, 0.25) is 0 Å². The molecule has 0 bridgehead atoms. The molecule has 1 heterocycles. The third-order valence-corrected chi connectivity index (χ3v) is 2.00. The SMILES string of the molecule is COc1cc(O)c2c(c1)OC(O)C(=O)N2. The summed E-state index contributed by atoms with van der Waals surface area (Å²) in [4.78, 5) is 11.0. The van der Waals surface area contributed by atoms with E-state index in [9.17, 15) is 9.90 Å². The Morgan fingerprint density at radius 2 is 2.27 bits per heavy atom. The molecule has 1 aliphatic heterocycles. The highest BCUT2D eigenvalue weighted by Crippen LogP contribution is 2.40. The number of rotatable bonds is 1. The highest BCUT2D eigenvalue weighted by atomic mass is 16.6. The van der Waals surface area contributed by atoms with Crippen molar-refractivity contribution in [2.45, 2.75) is 6.29 Å². The highest BCUT2D eigenvalue weighted by molar-refractivity contribution is 5.98. The number of carbonyl (C=O) groups excluding carboxylic acids is 1. The standard InChI is InChI=1S/C9H9NO5/c1-14-4-2-5(11)7-6(3-4)15-9(13)8(12)10-7/h2-3,9,11,13H,1H3,(H,10,12). The van der Waals surface area contributed by atoms with Gasteiger partial charge in [-0.1, -0.05) is 0 Å². The Bertz CT molecular complexity index is 417. The molecule has 0 saturated heterocycles. The number of anilines is 1. The van der Waals surface area contributed by atoms with Crippen LogP contribution in [0, 0.1) is 0 Å². The molecular weight excluding hydrogens is 202 g/mol. The molecular formula is C9H9NO5. The van der Waals surface area contributed by atoms with Gasteiger partial charge in [-0.25, -0.2) is 0 Å². The molecule has 15 heavy (non-hydrogen) atoms. The van der Waals surface area contributed by atoms with Crippen molar-refractivity contribution in [1.29, 1.82) is 0 Å². The number of phenolic OH excluding ortho intramolecular Hbond substituents is 1. The second kappa shape index (κ2) is 3.32. The lowest BCUT2D eigenvalue weighted by Crippen LogP contribution is -2.36. The van der Waals surface area contributed by atoms with Crippen LogP contribution < -0.4 is 14.8 Å². The van der Waals surface area contributed by atoms with Crippen LogP contribution in [0.4, 0.5) is 5.69 Å². The van der Waals surface area contributed by atoms with Gasteiger partial charge >= 0.3 is 0 Å². The first kappa shape index (κ1) is 9.60. The van der Waals surface area contributed by atoms with E-state index in [2.05, 4.69) is 5.32 Å². The number of ether oxygens (including phenoxy) is 2. The van der Waals surface area contributed by atoms with Crippen molar-refractivity contribution in [3.8, 4) is 17.2 Å². The van der Waals surface area contributed by atoms with E-state index in [0.717, 1.165) is 0 Å². The average Bonchev–Trinajstić information content (AvgIpc) is 2.21. The van der Waals surface area contributed by atoms with Gasteiger partial charge < -0.3 is 25.0 Å². The first-order valence-electron chi connectivity index (χ1n) is 4.18. The fourth-order valence-corrected chi connectivity index (χ4v) is 1.27. The molecule has 0 aromatic heterocycles. The van der Waals surface area contributed by atoms with Crippen LogP contribution in [0.3, 0.4) is 0 Å². The van der Waals surface area contributed by atoms with Crippen molar-refractivity contribution in [2.24, 2.45) is 0 Å². The molecule has 6 heteroatoms. The average molecular weight is 211 g/mol. The van der Waals surface area contributed by atoms with Gasteiger partial charge in [0.1, 0.15) is 17.2 Å². The molecule has 0 radical (unpaired) electrons. The molecule has 1 aromatic carbocycles. The lowest BCUT2D eigenvalue weighted by molar-refractivity contribution is -0.139. The first-order chi connectivity index (χ1) is 7.11. The van der Waals surface area contributed by atoms with E-state index < -0.39 is 12.2 Å². The number of aliphatic hydroxyl groups is 1. The van der Waals surface area contributed by atoms with Crippen LogP contribution in [0.5, 0.6) is 17.2 Å². The van der Waals surface area contributed by atoms with E-state index in [0.29, 0.717) is 5.75 Å². The predicted octanol–water partition coefficient (Wildman–Crippen LogP) is 0.0501. The number of phenols is 1. The molecule has 80 valence electrons. The maximum absolute atomic E-state index is 11.0. The smallest absolute Gasteiger partial charge is 0.293 e. The molecule has 2 rings (SSSR count). The molecule has 1 amide bonds. The van der Waals surface area contributed by atoms with Gasteiger partial charge in [0.05, 0.1) is 7.11 Å². The van der Waals surface area contributed by atoms with Crippen LogP contribution in [-0.2, 0) is 4.79 Å². The molecule has 1 aromatic rings. The molecule has 6 nitrogen and oxygen atoms in total. The van der Waals surface area contributed by atoms with Crippen LogP contribution in [0.1, 0.15) is 0 Å². The van der Waals surface area contributed by atoms with Crippen LogP contribution >= 0.6 is 0 Å². The predicted molar refractivity (Wildman–Crippen MR) is 49.9 cm³/mol. The zero-order valence-electron chi connectivity index (χ0n) is 7.85. The number of amides is 1. The first-order valence-corrected chi connectivity index (χ1v) is 4.18. The molecule has 1 aliphatic rings. The summed E-state index contributed by atoms with van der Waals surface area (Å²) in [5.41, 5.74) is 0.131. The van der Waals surface area contributed by atoms with Gasteiger partial charge in [-0.2, -0.15) is 0 Å². The van der Waals surface area contributed by atoms with Gasteiger partial charge in [0.15, 0.2) is 5.75 Å². The van der Waals surface area contributed by atoms with Gasteiger partial charge in [-0.15, -0.1) is 0 Å². The Labute approximate surface area is 85.0 Å². The summed E-state index contributed by atoms with van der Waals surface area (Å²) in [6, 6.07) is 2.79. The summed E-state index contributed by atoms with van der Waals surface area (Å²) < 4.78 is 9.76. The van der Waals surface area contributed by atoms with E-state index in [1.807, 2.05) is 0 Å².